The number of rotatable bonds is 3. The fourth-order valence-corrected chi connectivity index (χ4v) is 4.04. The van der Waals surface area contributed by atoms with E-state index >= 15 is 0 Å². The number of sulfone groups is 1. The summed E-state index contributed by atoms with van der Waals surface area (Å²) in [5.41, 5.74) is 9.88. The van der Waals surface area contributed by atoms with Crippen LogP contribution in [-0.4, -0.2) is 8.42 Å². The maximum atomic E-state index is 12.6. The molecule has 2 N–H and O–H groups in total. The quantitative estimate of drug-likeness (QED) is 0.883. The molecular weight excluding hydrogens is 270 g/mol. The van der Waals surface area contributed by atoms with Crippen molar-refractivity contribution in [3.8, 4) is 0 Å². The van der Waals surface area contributed by atoms with E-state index in [-0.39, 0.29) is 10.6 Å². The first-order valence-corrected chi connectivity index (χ1v) is 8.11. The van der Waals surface area contributed by atoms with Gasteiger partial charge < -0.3 is 5.73 Å². The van der Waals surface area contributed by atoms with Gasteiger partial charge >= 0.3 is 0 Å². The lowest BCUT2D eigenvalue weighted by atomic mass is 10.1. The van der Waals surface area contributed by atoms with Gasteiger partial charge in [0.2, 0.25) is 0 Å². The third-order valence-corrected chi connectivity index (χ3v) is 5.29. The molecule has 0 fully saturated rings. The Kier molecular flexibility index (Phi) is 3.86. The number of para-hydroxylation sites is 1. The molecular formula is C16H19NO2S. The van der Waals surface area contributed by atoms with Crippen molar-refractivity contribution in [3.05, 3.63) is 58.7 Å². The summed E-state index contributed by atoms with van der Waals surface area (Å²) in [6.45, 7) is 5.67. The molecule has 0 spiro atoms. The second kappa shape index (κ2) is 5.29. The summed E-state index contributed by atoms with van der Waals surface area (Å²) in [5, 5.41) is 0. The number of nitrogen functional groups attached to an aromatic ring is 1. The first-order chi connectivity index (χ1) is 9.33. The summed E-state index contributed by atoms with van der Waals surface area (Å²) < 4.78 is 25.2. The van der Waals surface area contributed by atoms with Crippen LogP contribution in [0.1, 0.15) is 22.3 Å². The number of nitrogens with two attached hydrogens (primary N) is 1. The number of benzene rings is 2. The van der Waals surface area contributed by atoms with E-state index in [1.807, 2.05) is 45.0 Å². The van der Waals surface area contributed by atoms with Crippen molar-refractivity contribution in [1.82, 2.24) is 0 Å². The van der Waals surface area contributed by atoms with Gasteiger partial charge in [0.1, 0.15) is 0 Å². The fraction of sp³-hybridized carbons (Fsp3) is 0.250. The predicted molar refractivity (Wildman–Crippen MR) is 82.4 cm³/mol. The van der Waals surface area contributed by atoms with Crippen molar-refractivity contribution in [2.45, 2.75) is 31.4 Å². The Labute approximate surface area is 120 Å². The van der Waals surface area contributed by atoms with Crippen LogP contribution < -0.4 is 5.73 Å². The molecule has 2 aromatic rings. The van der Waals surface area contributed by atoms with E-state index in [4.69, 9.17) is 5.73 Å². The Bertz CT molecular complexity index is 729. The smallest absolute Gasteiger partial charge is 0.184 e. The monoisotopic (exact) mass is 289 g/mol. The number of hydrogen-bond acceptors (Lipinski definition) is 3. The van der Waals surface area contributed by atoms with E-state index in [1.165, 1.54) is 0 Å². The minimum absolute atomic E-state index is 0.0147. The molecule has 2 rings (SSSR count). The van der Waals surface area contributed by atoms with Gasteiger partial charge in [0, 0.05) is 0 Å². The first-order valence-electron chi connectivity index (χ1n) is 6.46. The normalized spacial score (nSPS) is 11.6. The zero-order valence-corrected chi connectivity index (χ0v) is 12.8. The highest BCUT2D eigenvalue weighted by molar-refractivity contribution is 7.90. The summed E-state index contributed by atoms with van der Waals surface area (Å²) in [6, 6.07) is 10.9. The highest BCUT2D eigenvalue weighted by atomic mass is 32.2. The number of aryl methyl sites for hydroxylation is 3. The van der Waals surface area contributed by atoms with E-state index in [9.17, 15) is 8.42 Å². The second-order valence-electron chi connectivity index (χ2n) is 5.12. The van der Waals surface area contributed by atoms with Gasteiger partial charge in [-0.1, -0.05) is 30.3 Å². The standard InChI is InChI=1S/C16H19NO2S/c1-11-6-4-7-12(2)14(11)10-20(18,19)15-9-5-8-13(3)16(15)17/h4-9H,10,17H2,1-3H3. The van der Waals surface area contributed by atoms with E-state index in [1.54, 1.807) is 12.1 Å². The van der Waals surface area contributed by atoms with Gasteiger partial charge in [-0.05, 0) is 49.1 Å². The Morgan fingerprint density at radius 2 is 1.40 bits per heavy atom. The van der Waals surface area contributed by atoms with Crippen LogP contribution in [0.5, 0.6) is 0 Å². The zero-order valence-electron chi connectivity index (χ0n) is 12.0. The molecule has 0 saturated carbocycles. The van der Waals surface area contributed by atoms with Crippen LogP contribution >= 0.6 is 0 Å². The average molecular weight is 289 g/mol. The van der Waals surface area contributed by atoms with Gasteiger partial charge in [0.25, 0.3) is 0 Å². The Morgan fingerprint density at radius 3 is 2.00 bits per heavy atom. The largest absolute Gasteiger partial charge is 0.397 e. The summed E-state index contributed by atoms with van der Waals surface area (Å²) in [7, 11) is -3.44. The lowest BCUT2D eigenvalue weighted by molar-refractivity contribution is 0.595. The molecule has 0 heterocycles. The van der Waals surface area contributed by atoms with Crippen molar-refractivity contribution in [2.24, 2.45) is 0 Å². The Balaban J connectivity index is 2.50. The van der Waals surface area contributed by atoms with E-state index in [2.05, 4.69) is 0 Å². The van der Waals surface area contributed by atoms with Gasteiger partial charge in [-0.25, -0.2) is 8.42 Å². The highest BCUT2D eigenvalue weighted by Crippen LogP contribution is 2.27. The van der Waals surface area contributed by atoms with Crippen LogP contribution in [-0.2, 0) is 15.6 Å². The molecule has 0 aliphatic heterocycles. The molecule has 20 heavy (non-hydrogen) atoms. The Hall–Kier alpha value is -1.81. The van der Waals surface area contributed by atoms with Crippen molar-refractivity contribution >= 4 is 15.5 Å². The lowest BCUT2D eigenvalue weighted by Crippen LogP contribution is -2.10. The fourth-order valence-electron chi connectivity index (χ4n) is 2.27. The van der Waals surface area contributed by atoms with Crippen molar-refractivity contribution in [2.75, 3.05) is 5.73 Å². The first kappa shape index (κ1) is 14.6. The molecule has 0 atom stereocenters. The van der Waals surface area contributed by atoms with Crippen molar-refractivity contribution in [3.63, 3.8) is 0 Å². The Morgan fingerprint density at radius 1 is 0.900 bits per heavy atom. The maximum absolute atomic E-state index is 12.6. The van der Waals surface area contributed by atoms with Gasteiger partial charge in [0.15, 0.2) is 9.84 Å². The molecule has 0 aliphatic rings. The molecule has 0 radical (unpaired) electrons. The van der Waals surface area contributed by atoms with Crippen LogP contribution in [0.15, 0.2) is 41.3 Å². The third kappa shape index (κ3) is 2.70. The molecule has 0 amide bonds. The van der Waals surface area contributed by atoms with Crippen LogP contribution in [0.2, 0.25) is 0 Å². The summed E-state index contributed by atoms with van der Waals surface area (Å²) in [4.78, 5) is 0.222. The molecule has 0 saturated heterocycles. The van der Waals surface area contributed by atoms with Gasteiger partial charge in [0.05, 0.1) is 16.3 Å². The SMILES string of the molecule is Cc1cccc(S(=O)(=O)Cc2c(C)cccc2C)c1N. The predicted octanol–water partition coefficient (Wildman–Crippen LogP) is 3.17. The van der Waals surface area contributed by atoms with Gasteiger partial charge in [-0.3, -0.25) is 0 Å². The van der Waals surface area contributed by atoms with Crippen LogP contribution in [0.25, 0.3) is 0 Å². The molecule has 0 unspecified atom stereocenters. The average Bonchev–Trinajstić information content (AvgIpc) is 2.37. The molecule has 3 nitrogen and oxygen atoms in total. The lowest BCUT2D eigenvalue weighted by Gasteiger charge is -2.13. The number of hydrogen-bond donors (Lipinski definition) is 1. The van der Waals surface area contributed by atoms with Crippen LogP contribution in [0.4, 0.5) is 5.69 Å². The summed E-state index contributed by atoms with van der Waals surface area (Å²) in [6.07, 6.45) is 0. The van der Waals surface area contributed by atoms with Crippen LogP contribution in [0, 0.1) is 20.8 Å². The van der Waals surface area contributed by atoms with Gasteiger partial charge in [-0.2, -0.15) is 0 Å². The molecule has 0 bridgehead atoms. The number of anilines is 1. The van der Waals surface area contributed by atoms with Crippen molar-refractivity contribution in [1.29, 1.82) is 0 Å². The van der Waals surface area contributed by atoms with Crippen molar-refractivity contribution < 1.29 is 8.42 Å². The molecule has 4 heteroatoms. The van der Waals surface area contributed by atoms with E-state index in [0.717, 1.165) is 22.3 Å². The molecule has 0 aliphatic carbocycles. The highest BCUT2D eigenvalue weighted by Gasteiger charge is 2.20. The maximum Gasteiger partial charge on any atom is 0.184 e. The molecule has 0 aromatic heterocycles. The van der Waals surface area contributed by atoms with E-state index < -0.39 is 9.84 Å². The molecule has 2 aromatic carbocycles. The third-order valence-electron chi connectivity index (χ3n) is 3.60. The minimum atomic E-state index is -3.44. The van der Waals surface area contributed by atoms with Crippen LogP contribution in [0.3, 0.4) is 0 Å². The van der Waals surface area contributed by atoms with Gasteiger partial charge in [-0.15, -0.1) is 0 Å². The van der Waals surface area contributed by atoms with E-state index in [0.29, 0.717) is 5.69 Å². The summed E-state index contributed by atoms with van der Waals surface area (Å²) in [5.74, 6) is -0.0147. The zero-order chi connectivity index (χ0) is 14.9. The summed E-state index contributed by atoms with van der Waals surface area (Å²) >= 11 is 0. The minimum Gasteiger partial charge on any atom is -0.397 e. The topological polar surface area (TPSA) is 60.2 Å². The second-order valence-corrected chi connectivity index (χ2v) is 7.07. The molecule has 106 valence electrons.